The molecule has 1 rings (SSSR count). The fourth-order valence-corrected chi connectivity index (χ4v) is 1.07. The Morgan fingerprint density at radius 1 is 1.44 bits per heavy atom. The maximum absolute atomic E-state index is 11.4. The average molecular weight is 225 g/mol. The second-order valence-corrected chi connectivity index (χ2v) is 4.90. The number of nitrogens with zero attached hydrogens (tertiary/aromatic N) is 1. The van der Waals surface area contributed by atoms with Gasteiger partial charge in [0.1, 0.15) is 6.26 Å². The standard InChI is InChI=1S/C11H19N3O2/c1-11(2,3)7-13-10(15)12-5-4-9-6-16-8-14-9/h6,8H,4-5,7H2,1-3H3,(H2,12,13,15). The molecule has 0 radical (unpaired) electrons. The summed E-state index contributed by atoms with van der Waals surface area (Å²) in [5.41, 5.74) is 0.944. The van der Waals surface area contributed by atoms with Crippen molar-refractivity contribution in [3.8, 4) is 0 Å². The van der Waals surface area contributed by atoms with Crippen molar-refractivity contribution in [2.45, 2.75) is 27.2 Å². The predicted molar refractivity (Wildman–Crippen MR) is 61.1 cm³/mol. The Hall–Kier alpha value is -1.52. The van der Waals surface area contributed by atoms with Crippen LogP contribution in [0.15, 0.2) is 17.1 Å². The van der Waals surface area contributed by atoms with Crippen LogP contribution < -0.4 is 10.6 Å². The first-order chi connectivity index (χ1) is 7.47. The summed E-state index contributed by atoms with van der Waals surface area (Å²) < 4.78 is 4.82. The van der Waals surface area contributed by atoms with Gasteiger partial charge in [0.2, 0.25) is 0 Å². The number of hydrogen-bond acceptors (Lipinski definition) is 3. The van der Waals surface area contributed by atoms with E-state index in [4.69, 9.17) is 4.42 Å². The minimum absolute atomic E-state index is 0.101. The van der Waals surface area contributed by atoms with Crippen molar-refractivity contribution in [3.05, 3.63) is 18.4 Å². The van der Waals surface area contributed by atoms with Crippen LogP contribution in [-0.4, -0.2) is 24.1 Å². The van der Waals surface area contributed by atoms with Gasteiger partial charge < -0.3 is 15.1 Å². The van der Waals surface area contributed by atoms with Crippen LogP contribution in [0.25, 0.3) is 0 Å². The van der Waals surface area contributed by atoms with Crippen molar-refractivity contribution in [1.82, 2.24) is 15.6 Å². The number of carbonyl (C=O) groups is 1. The second-order valence-electron chi connectivity index (χ2n) is 4.90. The lowest BCUT2D eigenvalue weighted by molar-refractivity contribution is 0.235. The first kappa shape index (κ1) is 12.5. The zero-order chi connectivity index (χ0) is 12.0. The number of oxazole rings is 1. The smallest absolute Gasteiger partial charge is 0.314 e. The van der Waals surface area contributed by atoms with Crippen molar-refractivity contribution in [2.75, 3.05) is 13.1 Å². The highest BCUT2D eigenvalue weighted by atomic mass is 16.3. The molecular formula is C11H19N3O2. The van der Waals surface area contributed by atoms with E-state index in [1.54, 1.807) is 6.26 Å². The molecule has 1 heterocycles. The van der Waals surface area contributed by atoms with Crippen molar-refractivity contribution < 1.29 is 9.21 Å². The number of nitrogens with one attached hydrogen (secondary N) is 2. The summed E-state index contributed by atoms with van der Waals surface area (Å²) in [7, 11) is 0. The van der Waals surface area contributed by atoms with E-state index in [9.17, 15) is 4.79 Å². The van der Waals surface area contributed by atoms with Crippen LogP contribution in [0.4, 0.5) is 4.79 Å². The summed E-state index contributed by atoms with van der Waals surface area (Å²) >= 11 is 0. The maximum Gasteiger partial charge on any atom is 0.314 e. The molecule has 16 heavy (non-hydrogen) atoms. The fraction of sp³-hybridized carbons (Fsp3) is 0.636. The quantitative estimate of drug-likeness (QED) is 0.817. The van der Waals surface area contributed by atoms with E-state index in [2.05, 4.69) is 36.4 Å². The molecule has 0 aliphatic rings. The zero-order valence-corrected chi connectivity index (χ0v) is 10.0. The topological polar surface area (TPSA) is 67.2 Å². The average Bonchev–Trinajstić information content (AvgIpc) is 2.66. The van der Waals surface area contributed by atoms with Gasteiger partial charge in [0.25, 0.3) is 0 Å². The van der Waals surface area contributed by atoms with Gasteiger partial charge in [-0.1, -0.05) is 20.8 Å². The summed E-state index contributed by atoms with van der Waals surface area (Å²) in [5, 5.41) is 5.57. The van der Waals surface area contributed by atoms with Gasteiger partial charge in [-0.05, 0) is 5.41 Å². The van der Waals surface area contributed by atoms with Crippen LogP contribution in [0.5, 0.6) is 0 Å². The molecule has 1 aromatic heterocycles. The molecule has 0 bridgehead atoms. The molecule has 0 aromatic carbocycles. The Kier molecular flexibility index (Phi) is 4.34. The highest BCUT2D eigenvalue weighted by Gasteiger charge is 2.11. The van der Waals surface area contributed by atoms with Crippen LogP contribution in [-0.2, 0) is 6.42 Å². The summed E-state index contributed by atoms with van der Waals surface area (Å²) in [6.45, 7) is 7.43. The first-order valence-corrected chi connectivity index (χ1v) is 5.36. The number of hydrogen-bond donors (Lipinski definition) is 2. The number of aromatic nitrogens is 1. The van der Waals surface area contributed by atoms with Crippen LogP contribution in [0.2, 0.25) is 0 Å². The lowest BCUT2D eigenvalue weighted by Gasteiger charge is -2.18. The SMILES string of the molecule is CC(C)(C)CNC(=O)NCCc1cocn1. The van der Waals surface area contributed by atoms with Gasteiger partial charge in [-0.25, -0.2) is 9.78 Å². The van der Waals surface area contributed by atoms with Crippen LogP contribution in [0.1, 0.15) is 26.5 Å². The molecule has 0 unspecified atom stereocenters. The third-order valence-corrected chi connectivity index (χ3v) is 1.93. The monoisotopic (exact) mass is 225 g/mol. The van der Waals surface area contributed by atoms with Gasteiger partial charge in [0, 0.05) is 19.5 Å². The Morgan fingerprint density at radius 3 is 2.75 bits per heavy atom. The van der Waals surface area contributed by atoms with E-state index in [0.29, 0.717) is 19.5 Å². The van der Waals surface area contributed by atoms with Crippen molar-refractivity contribution in [1.29, 1.82) is 0 Å². The molecule has 0 saturated heterocycles. The van der Waals surface area contributed by atoms with E-state index in [0.717, 1.165) is 5.69 Å². The molecule has 0 aliphatic carbocycles. The number of rotatable bonds is 4. The molecule has 1 aromatic rings. The van der Waals surface area contributed by atoms with E-state index in [1.807, 2.05) is 0 Å². The molecule has 0 fully saturated rings. The number of carbonyl (C=O) groups excluding carboxylic acids is 1. The Morgan fingerprint density at radius 2 is 2.19 bits per heavy atom. The van der Waals surface area contributed by atoms with Crippen molar-refractivity contribution in [3.63, 3.8) is 0 Å². The van der Waals surface area contributed by atoms with Gasteiger partial charge in [-0.3, -0.25) is 0 Å². The summed E-state index contributed by atoms with van der Waals surface area (Å²) in [4.78, 5) is 15.3. The lowest BCUT2D eigenvalue weighted by atomic mass is 9.97. The molecule has 0 spiro atoms. The van der Waals surface area contributed by atoms with Gasteiger partial charge in [0.15, 0.2) is 6.39 Å². The Balaban J connectivity index is 2.11. The normalized spacial score (nSPS) is 11.2. The van der Waals surface area contributed by atoms with Gasteiger partial charge in [-0.15, -0.1) is 0 Å². The molecule has 5 nitrogen and oxygen atoms in total. The molecule has 90 valence electrons. The van der Waals surface area contributed by atoms with E-state index in [-0.39, 0.29) is 11.4 Å². The molecule has 5 heteroatoms. The highest BCUT2D eigenvalue weighted by Crippen LogP contribution is 2.09. The number of urea groups is 1. The molecule has 0 aliphatic heterocycles. The van der Waals surface area contributed by atoms with Crippen molar-refractivity contribution >= 4 is 6.03 Å². The van der Waals surface area contributed by atoms with Gasteiger partial charge in [0.05, 0.1) is 5.69 Å². The fourth-order valence-electron chi connectivity index (χ4n) is 1.07. The second kappa shape index (κ2) is 5.53. The number of amides is 2. The minimum atomic E-state index is -0.140. The first-order valence-electron chi connectivity index (χ1n) is 5.36. The van der Waals surface area contributed by atoms with E-state index >= 15 is 0 Å². The van der Waals surface area contributed by atoms with Crippen LogP contribution in [0.3, 0.4) is 0 Å². The van der Waals surface area contributed by atoms with Gasteiger partial charge >= 0.3 is 6.03 Å². The van der Waals surface area contributed by atoms with E-state index in [1.165, 1.54) is 6.39 Å². The Labute approximate surface area is 95.6 Å². The molecule has 2 amide bonds. The van der Waals surface area contributed by atoms with Crippen molar-refractivity contribution in [2.24, 2.45) is 5.41 Å². The third-order valence-electron chi connectivity index (χ3n) is 1.93. The lowest BCUT2D eigenvalue weighted by Crippen LogP contribution is -2.40. The highest BCUT2D eigenvalue weighted by molar-refractivity contribution is 5.73. The van der Waals surface area contributed by atoms with Crippen LogP contribution >= 0.6 is 0 Å². The molecule has 2 N–H and O–H groups in total. The zero-order valence-electron chi connectivity index (χ0n) is 10.0. The summed E-state index contributed by atoms with van der Waals surface area (Å²) in [6, 6.07) is -0.140. The molecular weight excluding hydrogens is 206 g/mol. The molecule has 0 atom stereocenters. The Bertz CT molecular complexity index is 314. The summed E-state index contributed by atoms with van der Waals surface area (Å²) in [5.74, 6) is 0. The molecule has 0 saturated carbocycles. The third kappa shape index (κ3) is 5.38. The minimum Gasteiger partial charge on any atom is -0.451 e. The predicted octanol–water partition coefficient (Wildman–Crippen LogP) is 1.56. The van der Waals surface area contributed by atoms with Gasteiger partial charge in [-0.2, -0.15) is 0 Å². The largest absolute Gasteiger partial charge is 0.451 e. The maximum atomic E-state index is 11.4. The van der Waals surface area contributed by atoms with E-state index < -0.39 is 0 Å². The summed E-state index contributed by atoms with van der Waals surface area (Å²) in [6.07, 6.45) is 3.64. The van der Waals surface area contributed by atoms with Crippen LogP contribution in [0, 0.1) is 5.41 Å².